The third-order valence-electron chi connectivity index (χ3n) is 11.9. The predicted octanol–water partition coefficient (Wildman–Crippen LogP) is 16.3. The number of benzene rings is 10. The molecule has 0 amide bonds. The van der Waals surface area contributed by atoms with E-state index in [1.807, 2.05) is 12.1 Å². The van der Waals surface area contributed by atoms with Gasteiger partial charge < -0.3 is 13.7 Å². The van der Waals surface area contributed by atoms with Crippen molar-refractivity contribution >= 4 is 82.5 Å². The highest BCUT2D eigenvalue weighted by Gasteiger charge is 2.23. The van der Waals surface area contributed by atoms with E-state index in [0.29, 0.717) is 0 Å². The summed E-state index contributed by atoms with van der Waals surface area (Å²) in [4.78, 5) is 2.38. The standard InChI is InChI=1S/C56H35NO2/c1-2-14-36(15-3-1)39-18-10-19-41(34-39)57(40-32-30-38(31-33-40)43-24-12-26-48-46-22-8-9-28-52(46)58-55(43)48)51-27-13-29-53-54(51)50-35-49(45-21-6-7-23-47(45)56(50)59-53)44-25-11-17-37-16-4-5-20-42(37)44/h1-35H. The van der Waals surface area contributed by atoms with Crippen molar-refractivity contribution in [2.45, 2.75) is 0 Å². The molecule has 12 rings (SSSR count). The lowest BCUT2D eigenvalue weighted by atomic mass is 9.92. The van der Waals surface area contributed by atoms with Crippen LogP contribution in [0.4, 0.5) is 17.1 Å². The van der Waals surface area contributed by atoms with Crippen LogP contribution >= 0.6 is 0 Å². The largest absolute Gasteiger partial charge is 0.455 e. The molecule has 0 bridgehead atoms. The summed E-state index contributed by atoms with van der Waals surface area (Å²) >= 11 is 0. The minimum Gasteiger partial charge on any atom is -0.455 e. The molecule has 0 radical (unpaired) electrons. The van der Waals surface area contributed by atoms with E-state index in [1.165, 1.54) is 32.8 Å². The number of rotatable bonds is 6. The SMILES string of the molecule is c1ccc(-c2cccc(N(c3ccc(-c4cccc5c4oc4ccccc45)cc3)c3cccc4oc5c6ccccc6c(-c6cccc7ccccc67)cc5c34)c2)cc1. The summed E-state index contributed by atoms with van der Waals surface area (Å²) in [6.07, 6.45) is 0. The van der Waals surface area contributed by atoms with E-state index in [9.17, 15) is 0 Å². The van der Waals surface area contributed by atoms with Gasteiger partial charge >= 0.3 is 0 Å². The topological polar surface area (TPSA) is 29.5 Å². The van der Waals surface area contributed by atoms with Crippen LogP contribution in [0.1, 0.15) is 0 Å². The first-order valence-corrected chi connectivity index (χ1v) is 20.1. The molecule has 0 aliphatic carbocycles. The molecule has 0 saturated carbocycles. The smallest absolute Gasteiger partial charge is 0.143 e. The molecule has 276 valence electrons. The van der Waals surface area contributed by atoms with Crippen molar-refractivity contribution in [1.82, 2.24) is 0 Å². The number of hydrogen-bond donors (Lipinski definition) is 0. The number of furan rings is 2. The molecule has 2 heterocycles. The maximum Gasteiger partial charge on any atom is 0.143 e. The van der Waals surface area contributed by atoms with Gasteiger partial charge in [0.25, 0.3) is 0 Å². The van der Waals surface area contributed by atoms with Crippen LogP contribution in [0.15, 0.2) is 221 Å². The Hall–Kier alpha value is -7.88. The highest BCUT2D eigenvalue weighted by Crippen LogP contribution is 2.48. The summed E-state index contributed by atoms with van der Waals surface area (Å²) in [6.45, 7) is 0. The van der Waals surface area contributed by atoms with Gasteiger partial charge in [-0.15, -0.1) is 0 Å². The van der Waals surface area contributed by atoms with Crippen LogP contribution < -0.4 is 4.90 Å². The first kappa shape index (κ1) is 33.3. The summed E-state index contributed by atoms with van der Waals surface area (Å²) in [6, 6.07) is 75.6. The first-order valence-electron chi connectivity index (χ1n) is 20.1. The van der Waals surface area contributed by atoms with Crippen LogP contribution in [0.2, 0.25) is 0 Å². The summed E-state index contributed by atoms with van der Waals surface area (Å²) in [5, 5.41) is 9.10. The molecule has 0 unspecified atom stereocenters. The summed E-state index contributed by atoms with van der Waals surface area (Å²) in [5.41, 5.74) is 13.5. The molecule has 0 aliphatic heterocycles. The molecule has 0 fully saturated rings. The molecule has 0 saturated heterocycles. The Balaban J connectivity index is 1.10. The zero-order valence-electron chi connectivity index (χ0n) is 32.0. The molecular weight excluding hydrogens is 719 g/mol. The Morgan fingerprint density at radius 1 is 0.305 bits per heavy atom. The molecule has 59 heavy (non-hydrogen) atoms. The normalized spacial score (nSPS) is 11.7. The first-order chi connectivity index (χ1) is 29.3. The quantitative estimate of drug-likeness (QED) is 0.169. The van der Waals surface area contributed by atoms with E-state index in [4.69, 9.17) is 8.83 Å². The Bertz CT molecular complexity index is 3550. The van der Waals surface area contributed by atoms with Crippen LogP contribution in [-0.4, -0.2) is 0 Å². The molecular formula is C56H35NO2. The Morgan fingerprint density at radius 2 is 0.915 bits per heavy atom. The second-order valence-electron chi connectivity index (χ2n) is 15.2. The number of fused-ring (bicyclic) bond motifs is 9. The number of hydrogen-bond acceptors (Lipinski definition) is 3. The van der Waals surface area contributed by atoms with Crippen LogP contribution in [-0.2, 0) is 0 Å². The zero-order valence-corrected chi connectivity index (χ0v) is 32.0. The lowest BCUT2D eigenvalue weighted by molar-refractivity contribution is 0.670. The maximum atomic E-state index is 6.91. The summed E-state index contributed by atoms with van der Waals surface area (Å²) in [5.74, 6) is 0. The lowest BCUT2D eigenvalue weighted by Crippen LogP contribution is -2.10. The fraction of sp³-hybridized carbons (Fsp3) is 0. The van der Waals surface area contributed by atoms with Gasteiger partial charge in [-0.3, -0.25) is 0 Å². The summed E-state index contributed by atoms with van der Waals surface area (Å²) < 4.78 is 13.4. The number of para-hydroxylation sites is 2. The fourth-order valence-electron chi connectivity index (χ4n) is 9.15. The molecule has 0 N–H and O–H groups in total. The van der Waals surface area contributed by atoms with Crippen LogP contribution in [0.3, 0.4) is 0 Å². The van der Waals surface area contributed by atoms with E-state index in [2.05, 4.69) is 205 Å². The van der Waals surface area contributed by atoms with Gasteiger partial charge in [-0.05, 0) is 92.5 Å². The van der Waals surface area contributed by atoms with Crippen molar-refractivity contribution < 1.29 is 8.83 Å². The lowest BCUT2D eigenvalue weighted by Gasteiger charge is -2.27. The van der Waals surface area contributed by atoms with Crippen LogP contribution in [0.5, 0.6) is 0 Å². The molecule has 0 atom stereocenters. The van der Waals surface area contributed by atoms with Gasteiger partial charge in [0.15, 0.2) is 0 Å². The second-order valence-corrected chi connectivity index (χ2v) is 15.2. The van der Waals surface area contributed by atoms with Gasteiger partial charge in [-0.25, -0.2) is 0 Å². The average Bonchev–Trinajstić information content (AvgIpc) is 3.89. The fourth-order valence-corrected chi connectivity index (χ4v) is 9.15. The van der Waals surface area contributed by atoms with Gasteiger partial charge in [0, 0.05) is 38.5 Å². The zero-order chi connectivity index (χ0) is 38.9. The second kappa shape index (κ2) is 13.4. The van der Waals surface area contributed by atoms with Crippen molar-refractivity contribution in [3.05, 3.63) is 212 Å². The minimum absolute atomic E-state index is 0.843. The van der Waals surface area contributed by atoms with E-state index in [0.717, 1.165) is 83.0 Å². The molecule has 10 aromatic carbocycles. The van der Waals surface area contributed by atoms with E-state index in [-0.39, 0.29) is 0 Å². The van der Waals surface area contributed by atoms with Gasteiger partial charge in [0.2, 0.25) is 0 Å². The monoisotopic (exact) mass is 753 g/mol. The number of anilines is 3. The van der Waals surface area contributed by atoms with E-state index < -0.39 is 0 Å². The van der Waals surface area contributed by atoms with Crippen LogP contribution in [0, 0.1) is 0 Å². The molecule has 3 heteroatoms. The molecule has 3 nitrogen and oxygen atoms in total. The third kappa shape index (κ3) is 5.36. The van der Waals surface area contributed by atoms with Crippen molar-refractivity contribution in [2.24, 2.45) is 0 Å². The van der Waals surface area contributed by atoms with Crippen LogP contribution in [0.25, 0.3) is 98.8 Å². The molecule has 0 aliphatic rings. The highest BCUT2D eigenvalue weighted by molar-refractivity contribution is 6.23. The molecule has 12 aromatic rings. The van der Waals surface area contributed by atoms with Gasteiger partial charge in [-0.1, -0.05) is 164 Å². The van der Waals surface area contributed by atoms with Gasteiger partial charge in [0.1, 0.15) is 22.3 Å². The Labute approximate surface area is 340 Å². The Kier molecular flexibility index (Phi) is 7.54. The Morgan fingerprint density at radius 3 is 1.80 bits per heavy atom. The summed E-state index contributed by atoms with van der Waals surface area (Å²) in [7, 11) is 0. The minimum atomic E-state index is 0.843. The van der Waals surface area contributed by atoms with E-state index >= 15 is 0 Å². The van der Waals surface area contributed by atoms with Crippen molar-refractivity contribution in [2.75, 3.05) is 4.90 Å². The van der Waals surface area contributed by atoms with Gasteiger partial charge in [0.05, 0.1) is 11.1 Å². The van der Waals surface area contributed by atoms with Crippen molar-refractivity contribution in [3.8, 4) is 33.4 Å². The molecule has 2 aromatic heterocycles. The predicted molar refractivity (Wildman–Crippen MR) is 247 cm³/mol. The third-order valence-corrected chi connectivity index (χ3v) is 11.9. The van der Waals surface area contributed by atoms with Gasteiger partial charge in [-0.2, -0.15) is 0 Å². The average molecular weight is 754 g/mol. The van der Waals surface area contributed by atoms with Crippen molar-refractivity contribution in [3.63, 3.8) is 0 Å². The number of nitrogens with zero attached hydrogens (tertiary/aromatic N) is 1. The molecule has 0 spiro atoms. The maximum absolute atomic E-state index is 6.91. The van der Waals surface area contributed by atoms with E-state index in [1.54, 1.807) is 0 Å². The highest BCUT2D eigenvalue weighted by atomic mass is 16.3. The van der Waals surface area contributed by atoms with Crippen molar-refractivity contribution in [1.29, 1.82) is 0 Å².